The Kier molecular flexibility index (Phi) is 3.19. The van der Waals surface area contributed by atoms with Gasteiger partial charge in [0, 0.05) is 5.70 Å². The molecule has 0 aromatic heterocycles. The highest BCUT2D eigenvalue weighted by Crippen LogP contribution is 2.31. The Morgan fingerprint density at radius 1 is 1.12 bits per heavy atom. The predicted molar refractivity (Wildman–Crippen MR) is 74.2 cm³/mol. The zero-order valence-corrected chi connectivity index (χ0v) is 10.5. The number of hydrogen-bond acceptors (Lipinski definition) is 1. The first-order chi connectivity index (χ1) is 8.07. The molecule has 2 N–H and O–H groups in total. The lowest BCUT2D eigenvalue weighted by atomic mass is 9.82. The van der Waals surface area contributed by atoms with E-state index in [0.29, 0.717) is 0 Å². The van der Waals surface area contributed by atoms with Crippen molar-refractivity contribution < 1.29 is 0 Å². The van der Waals surface area contributed by atoms with Crippen molar-refractivity contribution in [3.63, 3.8) is 0 Å². The third-order valence-corrected chi connectivity index (χ3v) is 2.99. The summed E-state index contributed by atoms with van der Waals surface area (Å²) in [7, 11) is 0. The van der Waals surface area contributed by atoms with E-state index in [2.05, 4.69) is 50.3 Å². The summed E-state index contributed by atoms with van der Waals surface area (Å²) in [5.41, 5.74) is 9.59. The minimum absolute atomic E-state index is 0.189. The van der Waals surface area contributed by atoms with E-state index in [-0.39, 0.29) is 5.41 Å². The van der Waals surface area contributed by atoms with E-state index in [1.165, 1.54) is 5.56 Å². The lowest BCUT2D eigenvalue weighted by Crippen LogP contribution is -2.17. The van der Waals surface area contributed by atoms with Crippen LogP contribution in [0.5, 0.6) is 0 Å². The van der Waals surface area contributed by atoms with E-state index < -0.39 is 0 Å². The van der Waals surface area contributed by atoms with Gasteiger partial charge in [-0.3, -0.25) is 0 Å². The Labute approximate surface area is 103 Å². The Morgan fingerprint density at radius 3 is 2.47 bits per heavy atom. The molecule has 2 rings (SSSR count). The first kappa shape index (κ1) is 11.7. The Hall–Kier alpha value is -1.76. The van der Waals surface area contributed by atoms with E-state index in [1.54, 1.807) is 0 Å². The molecule has 17 heavy (non-hydrogen) atoms. The van der Waals surface area contributed by atoms with E-state index in [9.17, 15) is 0 Å². The second-order valence-corrected chi connectivity index (χ2v) is 5.22. The summed E-state index contributed by atoms with van der Waals surface area (Å²) < 4.78 is 0. The number of benzene rings is 1. The normalized spacial score (nSPS) is 18.9. The van der Waals surface area contributed by atoms with Gasteiger partial charge in [0.1, 0.15) is 0 Å². The maximum Gasteiger partial charge on any atom is 0.0162 e. The summed E-state index contributed by atoms with van der Waals surface area (Å²) in [6.45, 7) is 4.40. The summed E-state index contributed by atoms with van der Waals surface area (Å²) in [5.74, 6) is 0. The average molecular weight is 225 g/mol. The molecule has 1 nitrogen and oxygen atoms in total. The Bertz CT molecular complexity index is 476. The van der Waals surface area contributed by atoms with Crippen LogP contribution in [0.1, 0.15) is 25.8 Å². The molecule has 0 fully saturated rings. The number of nitrogens with two attached hydrogens (primary N) is 1. The van der Waals surface area contributed by atoms with Crippen LogP contribution in [0.15, 0.2) is 59.8 Å². The molecule has 0 bridgehead atoms. The molecule has 0 spiro atoms. The van der Waals surface area contributed by atoms with Gasteiger partial charge in [0.05, 0.1) is 0 Å². The summed E-state index contributed by atoms with van der Waals surface area (Å²) in [6, 6.07) is 10.3. The molecule has 0 radical (unpaired) electrons. The fraction of sp³-hybridized carbons (Fsp3) is 0.250. The van der Waals surface area contributed by atoms with Crippen molar-refractivity contribution in [2.45, 2.75) is 20.3 Å². The second-order valence-electron chi connectivity index (χ2n) is 5.22. The summed E-state index contributed by atoms with van der Waals surface area (Å²) in [6.07, 6.45) is 9.48. The Balaban J connectivity index is 2.16. The van der Waals surface area contributed by atoms with E-state index in [0.717, 1.165) is 17.7 Å². The zero-order chi connectivity index (χ0) is 12.3. The lowest BCUT2D eigenvalue weighted by molar-refractivity contribution is 0.466. The molecular weight excluding hydrogens is 206 g/mol. The van der Waals surface area contributed by atoms with E-state index >= 15 is 0 Å². The van der Waals surface area contributed by atoms with Crippen molar-refractivity contribution in [2.24, 2.45) is 11.1 Å². The topological polar surface area (TPSA) is 26.0 Å². The van der Waals surface area contributed by atoms with Crippen LogP contribution in [-0.4, -0.2) is 0 Å². The van der Waals surface area contributed by atoms with Gasteiger partial charge >= 0.3 is 0 Å². The summed E-state index contributed by atoms with van der Waals surface area (Å²) >= 11 is 0. The van der Waals surface area contributed by atoms with Crippen LogP contribution in [0.4, 0.5) is 0 Å². The molecule has 1 aromatic rings. The number of hydrogen-bond donors (Lipinski definition) is 1. The van der Waals surface area contributed by atoms with Crippen LogP contribution in [0, 0.1) is 5.41 Å². The molecule has 1 aliphatic carbocycles. The van der Waals surface area contributed by atoms with Gasteiger partial charge < -0.3 is 5.73 Å². The SMILES string of the molecule is CC1(C)C=CC(C=Cc2ccccc2)=C(N)C1. The van der Waals surface area contributed by atoms with E-state index in [1.807, 2.05) is 18.2 Å². The second kappa shape index (κ2) is 4.62. The lowest BCUT2D eigenvalue weighted by Gasteiger charge is -2.25. The van der Waals surface area contributed by atoms with Gasteiger partial charge in [-0.1, -0.05) is 68.5 Å². The molecule has 0 aliphatic heterocycles. The fourth-order valence-electron chi connectivity index (χ4n) is 1.99. The van der Waals surface area contributed by atoms with Crippen LogP contribution in [0.2, 0.25) is 0 Å². The van der Waals surface area contributed by atoms with Crippen LogP contribution >= 0.6 is 0 Å². The highest BCUT2D eigenvalue weighted by atomic mass is 14.6. The van der Waals surface area contributed by atoms with Gasteiger partial charge in [0.15, 0.2) is 0 Å². The van der Waals surface area contributed by atoms with Crippen molar-refractivity contribution in [3.8, 4) is 0 Å². The maximum absolute atomic E-state index is 6.10. The highest BCUT2D eigenvalue weighted by molar-refractivity contribution is 5.56. The van der Waals surface area contributed by atoms with Crippen LogP contribution in [0.25, 0.3) is 6.08 Å². The third-order valence-electron chi connectivity index (χ3n) is 2.99. The van der Waals surface area contributed by atoms with Crippen LogP contribution < -0.4 is 5.73 Å². The van der Waals surface area contributed by atoms with Crippen LogP contribution in [0.3, 0.4) is 0 Å². The molecule has 1 heteroatoms. The van der Waals surface area contributed by atoms with Crippen molar-refractivity contribution in [1.29, 1.82) is 0 Å². The predicted octanol–water partition coefficient (Wildman–Crippen LogP) is 3.90. The van der Waals surface area contributed by atoms with Gasteiger partial charge in [-0.2, -0.15) is 0 Å². The van der Waals surface area contributed by atoms with E-state index in [4.69, 9.17) is 5.73 Å². The first-order valence-electron chi connectivity index (χ1n) is 5.98. The number of allylic oxidation sites excluding steroid dienone is 5. The number of rotatable bonds is 2. The van der Waals surface area contributed by atoms with Crippen molar-refractivity contribution in [2.75, 3.05) is 0 Å². The molecule has 1 aliphatic rings. The molecular formula is C16H19N. The van der Waals surface area contributed by atoms with Gasteiger partial charge in [-0.05, 0) is 23.0 Å². The fourth-order valence-corrected chi connectivity index (χ4v) is 1.99. The molecule has 0 saturated heterocycles. The van der Waals surface area contributed by atoms with Gasteiger partial charge in [0.2, 0.25) is 0 Å². The van der Waals surface area contributed by atoms with Crippen LogP contribution in [-0.2, 0) is 0 Å². The van der Waals surface area contributed by atoms with Crippen molar-refractivity contribution in [3.05, 3.63) is 65.4 Å². The van der Waals surface area contributed by atoms with Gasteiger partial charge in [-0.15, -0.1) is 0 Å². The molecule has 0 atom stereocenters. The monoisotopic (exact) mass is 225 g/mol. The largest absolute Gasteiger partial charge is 0.402 e. The summed E-state index contributed by atoms with van der Waals surface area (Å²) in [5, 5.41) is 0. The minimum atomic E-state index is 0.189. The Morgan fingerprint density at radius 2 is 1.82 bits per heavy atom. The third kappa shape index (κ3) is 3.10. The molecule has 0 amide bonds. The molecule has 0 unspecified atom stereocenters. The first-order valence-corrected chi connectivity index (χ1v) is 5.98. The summed E-state index contributed by atoms with van der Waals surface area (Å²) in [4.78, 5) is 0. The standard InChI is InChI=1S/C16H19N/c1-16(2)11-10-14(15(17)12-16)9-8-13-6-4-3-5-7-13/h3-11H,12,17H2,1-2H3. The molecule has 0 saturated carbocycles. The highest BCUT2D eigenvalue weighted by Gasteiger charge is 2.19. The van der Waals surface area contributed by atoms with Gasteiger partial charge in [-0.25, -0.2) is 0 Å². The quantitative estimate of drug-likeness (QED) is 0.811. The molecule has 0 heterocycles. The van der Waals surface area contributed by atoms with Crippen molar-refractivity contribution >= 4 is 6.08 Å². The molecule has 88 valence electrons. The maximum atomic E-state index is 6.10. The average Bonchev–Trinajstić information content (AvgIpc) is 2.28. The zero-order valence-electron chi connectivity index (χ0n) is 10.5. The van der Waals surface area contributed by atoms with Gasteiger partial charge in [0.25, 0.3) is 0 Å². The molecule has 1 aromatic carbocycles. The smallest absolute Gasteiger partial charge is 0.0162 e. The van der Waals surface area contributed by atoms with Crippen molar-refractivity contribution in [1.82, 2.24) is 0 Å². The minimum Gasteiger partial charge on any atom is -0.402 e.